The van der Waals surface area contributed by atoms with Crippen molar-refractivity contribution < 1.29 is 14.3 Å². The smallest absolute Gasteiger partial charge is 0.262 e. The first kappa shape index (κ1) is 21.7. The van der Waals surface area contributed by atoms with Crippen molar-refractivity contribution in [2.75, 3.05) is 25.3 Å². The largest absolute Gasteiger partial charge is 0.497 e. The van der Waals surface area contributed by atoms with Crippen LogP contribution in [0.4, 0.5) is 5.69 Å². The number of ether oxygens (including phenoxy) is 2. The van der Waals surface area contributed by atoms with Gasteiger partial charge in [0.1, 0.15) is 11.5 Å². The predicted octanol–water partition coefficient (Wildman–Crippen LogP) is 3.80. The Labute approximate surface area is 179 Å². The van der Waals surface area contributed by atoms with Crippen LogP contribution in [0.3, 0.4) is 0 Å². The summed E-state index contributed by atoms with van der Waals surface area (Å²) in [4.78, 5) is 30.1. The fraction of sp³-hybridized carbons (Fsp3) is 0.318. The summed E-state index contributed by atoms with van der Waals surface area (Å²) >= 11 is 1.24. The summed E-state index contributed by atoms with van der Waals surface area (Å²) in [5.41, 5.74) is 1.09. The Morgan fingerprint density at radius 2 is 1.93 bits per heavy atom. The summed E-state index contributed by atoms with van der Waals surface area (Å²) in [7, 11) is 3.10. The summed E-state index contributed by atoms with van der Waals surface area (Å²) in [5.74, 6) is 1.30. The van der Waals surface area contributed by atoms with Gasteiger partial charge in [-0.15, -0.1) is 0 Å². The molecule has 1 N–H and O–H groups in total. The van der Waals surface area contributed by atoms with Gasteiger partial charge >= 0.3 is 0 Å². The number of carbonyl (C=O) groups is 1. The van der Waals surface area contributed by atoms with Crippen molar-refractivity contribution in [2.45, 2.75) is 25.5 Å². The van der Waals surface area contributed by atoms with Gasteiger partial charge in [-0.25, -0.2) is 4.98 Å². The number of aromatic nitrogens is 2. The lowest BCUT2D eigenvalue weighted by Gasteiger charge is -2.15. The van der Waals surface area contributed by atoms with E-state index in [1.807, 2.05) is 32.0 Å². The molecule has 0 fully saturated rings. The maximum Gasteiger partial charge on any atom is 0.262 e. The third-order valence-corrected chi connectivity index (χ3v) is 5.37. The zero-order chi connectivity index (χ0) is 21.7. The minimum atomic E-state index is -0.220. The van der Waals surface area contributed by atoms with Crippen LogP contribution in [0.5, 0.6) is 11.5 Å². The second-order valence-corrected chi connectivity index (χ2v) is 8.07. The highest BCUT2D eigenvalue weighted by molar-refractivity contribution is 7.99. The third-order valence-electron chi connectivity index (χ3n) is 4.39. The van der Waals surface area contributed by atoms with Crippen LogP contribution in [0, 0.1) is 5.92 Å². The molecular weight excluding hydrogens is 402 g/mol. The molecule has 0 radical (unpaired) electrons. The molecule has 3 aromatic rings. The van der Waals surface area contributed by atoms with Crippen LogP contribution in [0.25, 0.3) is 10.9 Å². The van der Waals surface area contributed by atoms with E-state index < -0.39 is 0 Å². The maximum absolute atomic E-state index is 12.9. The van der Waals surface area contributed by atoms with Crippen molar-refractivity contribution in [1.29, 1.82) is 0 Å². The van der Waals surface area contributed by atoms with Gasteiger partial charge < -0.3 is 14.8 Å². The molecule has 0 bridgehead atoms. The first-order valence-corrected chi connectivity index (χ1v) is 10.6. The Morgan fingerprint density at radius 1 is 1.17 bits per heavy atom. The molecule has 1 heterocycles. The van der Waals surface area contributed by atoms with Crippen molar-refractivity contribution in [2.24, 2.45) is 5.92 Å². The SMILES string of the molecule is COc1ccc(NC(=O)CSc2nc3ccccc3c(=O)n2CC(C)C)c(OC)c1. The van der Waals surface area contributed by atoms with Crippen molar-refractivity contribution in [3.05, 3.63) is 52.8 Å². The average molecular weight is 428 g/mol. The van der Waals surface area contributed by atoms with E-state index in [-0.39, 0.29) is 23.1 Å². The van der Waals surface area contributed by atoms with Crippen molar-refractivity contribution in [3.8, 4) is 11.5 Å². The fourth-order valence-corrected chi connectivity index (χ4v) is 3.81. The molecule has 3 rings (SSSR count). The number of hydrogen-bond donors (Lipinski definition) is 1. The Balaban J connectivity index is 1.81. The Hall–Kier alpha value is -3.00. The molecule has 0 unspecified atom stereocenters. The van der Waals surface area contributed by atoms with Crippen LogP contribution in [-0.2, 0) is 11.3 Å². The van der Waals surface area contributed by atoms with Crippen LogP contribution in [0.1, 0.15) is 13.8 Å². The van der Waals surface area contributed by atoms with Gasteiger partial charge in [0.2, 0.25) is 5.91 Å². The second-order valence-electron chi connectivity index (χ2n) is 7.12. The van der Waals surface area contributed by atoms with E-state index >= 15 is 0 Å². The molecular formula is C22H25N3O4S. The number of methoxy groups -OCH3 is 2. The van der Waals surface area contributed by atoms with Crippen molar-refractivity contribution >= 4 is 34.3 Å². The van der Waals surface area contributed by atoms with Crippen LogP contribution in [-0.4, -0.2) is 35.4 Å². The molecule has 8 heteroatoms. The van der Waals surface area contributed by atoms with Gasteiger partial charge in [-0.3, -0.25) is 14.2 Å². The van der Waals surface area contributed by atoms with E-state index in [0.717, 1.165) is 0 Å². The maximum atomic E-state index is 12.9. The van der Waals surface area contributed by atoms with E-state index in [0.29, 0.717) is 39.8 Å². The molecule has 30 heavy (non-hydrogen) atoms. The van der Waals surface area contributed by atoms with E-state index in [1.165, 1.54) is 18.9 Å². The number of hydrogen-bond acceptors (Lipinski definition) is 6. The number of carbonyl (C=O) groups excluding carboxylic acids is 1. The number of para-hydroxylation sites is 1. The molecule has 0 aliphatic carbocycles. The predicted molar refractivity (Wildman–Crippen MR) is 120 cm³/mol. The van der Waals surface area contributed by atoms with Gasteiger partial charge in [-0.2, -0.15) is 0 Å². The first-order chi connectivity index (χ1) is 14.4. The number of rotatable bonds is 8. The minimum Gasteiger partial charge on any atom is -0.497 e. The normalized spacial score (nSPS) is 11.0. The lowest BCUT2D eigenvalue weighted by molar-refractivity contribution is -0.113. The van der Waals surface area contributed by atoms with Gasteiger partial charge in [-0.1, -0.05) is 37.7 Å². The number of fused-ring (bicyclic) bond motifs is 1. The topological polar surface area (TPSA) is 82.5 Å². The second kappa shape index (κ2) is 9.67. The number of benzene rings is 2. The minimum absolute atomic E-state index is 0.0889. The Morgan fingerprint density at radius 3 is 2.63 bits per heavy atom. The highest BCUT2D eigenvalue weighted by Crippen LogP contribution is 2.29. The van der Waals surface area contributed by atoms with E-state index in [4.69, 9.17) is 9.47 Å². The molecule has 0 saturated heterocycles. The molecule has 0 saturated carbocycles. The number of amides is 1. The third kappa shape index (κ3) is 4.94. The number of nitrogens with zero attached hydrogens (tertiary/aromatic N) is 2. The van der Waals surface area contributed by atoms with E-state index in [2.05, 4.69) is 10.3 Å². The molecule has 2 aromatic carbocycles. The van der Waals surface area contributed by atoms with Gasteiger partial charge in [0.25, 0.3) is 5.56 Å². The molecule has 7 nitrogen and oxygen atoms in total. The van der Waals surface area contributed by atoms with Crippen LogP contribution in [0.15, 0.2) is 52.4 Å². The molecule has 1 amide bonds. The summed E-state index contributed by atoms with van der Waals surface area (Å²) in [6.45, 7) is 4.62. The van der Waals surface area contributed by atoms with Crippen molar-refractivity contribution in [3.63, 3.8) is 0 Å². The van der Waals surface area contributed by atoms with Crippen molar-refractivity contribution in [1.82, 2.24) is 9.55 Å². The number of nitrogens with one attached hydrogen (secondary N) is 1. The zero-order valence-electron chi connectivity index (χ0n) is 17.5. The summed E-state index contributed by atoms with van der Waals surface area (Å²) in [6, 6.07) is 12.4. The molecule has 158 valence electrons. The van der Waals surface area contributed by atoms with Gasteiger partial charge in [0.15, 0.2) is 5.16 Å². The summed E-state index contributed by atoms with van der Waals surface area (Å²) in [5, 5.41) is 3.95. The average Bonchev–Trinajstić information content (AvgIpc) is 2.74. The molecule has 0 aliphatic heterocycles. The monoisotopic (exact) mass is 427 g/mol. The van der Waals surface area contributed by atoms with Gasteiger partial charge in [-0.05, 0) is 30.2 Å². The number of anilines is 1. The summed E-state index contributed by atoms with van der Waals surface area (Å²) in [6.07, 6.45) is 0. The van der Waals surface area contributed by atoms with E-state index in [1.54, 1.807) is 35.9 Å². The highest BCUT2D eigenvalue weighted by atomic mass is 32.2. The van der Waals surface area contributed by atoms with Gasteiger partial charge in [0, 0.05) is 12.6 Å². The lowest BCUT2D eigenvalue weighted by Crippen LogP contribution is -2.26. The van der Waals surface area contributed by atoms with Crippen LogP contribution < -0.4 is 20.3 Å². The molecule has 0 aliphatic rings. The fourth-order valence-electron chi connectivity index (χ4n) is 3.00. The highest BCUT2D eigenvalue weighted by Gasteiger charge is 2.15. The first-order valence-electron chi connectivity index (χ1n) is 9.57. The van der Waals surface area contributed by atoms with Crippen LogP contribution in [0.2, 0.25) is 0 Å². The Kier molecular flexibility index (Phi) is 6.99. The van der Waals surface area contributed by atoms with Crippen LogP contribution >= 0.6 is 11.8 Å². The van der Waals surface area contributed by atoms with E-state index in [9.17, 15) is 9.59 Å². The quantitative estimate of drug-likeness (QED) is 0.435. The number of thioether (sulfide) groups is 1. The van der Waals surface area contributed by atoms with Gasteiger partial charge in [0.05, 0.1) is 36.6 Å². The summed E-state index contributed by atoms with van der Waals surface area (Å²) < 4.78 is 12.1. The molecule has 0 spiro atoms. The molecule has 0 atom stereocenters. The Bertz CT molecular complexity index is 1110. The molecule has 1 aromatic heterocycles. The lowest BCUT2D eigenvalue weighted by atomic mass is 10.2. The zero-order valence-corrected chi connectivity index (χ0v) is 18.3. The standard InChI is InChI=1S/C22H25N3O4S/c1-14(2)12-25-21(27)16-7-5-6-8-17(16)24-22(25)30-13-20(26)23-18-10-9-15(28-3)11-19(18)29-4/h5-11,14H,12-13H2,1-4H3,(H,23,26).